The van der Waals surface area contributed by atoms with Gasteiger partial charge in [0.05, 0.1) is 0 Å². The lowest BCUT2D eigenvalue weighted by Gasteiger charge is -2.08. The zero-order valence-electron chi connectivity index (χ0n) is 8.99. The Morgan fingerprint density at radius 2 is 1.78 bits per heavy atom. The van der Waals surface area contributed by atoms with Gasteiger partial charge in [0.2, 0.25) is 0 Å². The van der Waals surface area contributed by atoms with Gasteiger partial charge < -0.3 is 5.32 Å². The molecule has 0 aliphatic carbocycles. The first-order chi connectivity index (χ1) is 8.47. The number of carbonyl (C=O) groups is 1. The summed E-state index contributed by atoms with van der Waals surface area (Å²) in [5.74, 6) is -1.97. The Bertz CT molecular complexity index is 531. The summed E-state index contributed by atoms with van der Waals surface area (Å²) in [7, 11) is 0. The van der Waals surface area contributed by atoms with Gasteiger partial charge in [-0.15, -0.1) is 11.3 Å². The molecule has 1 aromatic carbocycles. The molecule has 6 heteroatoms. The molecule has 0 aliphatic heterocycles. The average Bonchev–Trinajstić information content (AvgIpc) is 2.82. The van der Waals surface area contributed by atoms with E-state index in [-0.39, 0.29) is 5.69 Å². The van der Waals surface area contributed by atoms with Crippen LogP contribution in [-0.2, 0) is 4.79 Å². The molecule has 2 rings (SSSR count). The maximum Gasteiger partial charge on any atom is 0.471 e. The lowest BCUT2D eigenvalue weighted by atomic mass is 10.2. The summed E-state index contributed by atoms with van der Waals surface area (Å²) in [4.78, 5) is 11.7. The highest BCUT2D eigenvalue weighted by atomic mass is 32.1. The molecule has 1 N–H and O–H groups in total. The molecule has 0 unspecified atom stereocenters. The molecule has 0 bridgehead atoms. The summed E-state index contributed by atoms with van der Waals surface area (Å²) in [6, 6.07) is 10.0. The van der Waals surface area contributed by atoms with Crippen LogP contribution in [0.5, 0.6) is 0 Å². The molecule has 0 saturated heterocycles. The minimum Gasteiger partial charge on any atom is -0.318 e. The van der Waals surface area contributed by atoms with E-state index in [9.17, 15) is 18.0 Å². The highest BCUT2D eigenvalue weighted by Crippen LogP contribution is 2.26. The first-order valence-electron chi connectivity index (χ1n) is 4.99. The van der Waals surface area contributed by atoms with Gasteiger partial charge in [-0.2, -0.15) is 13.2 Å². The molecule has 2 aromatic rings. The Hall–Kier alpha value is -1.82. The second-order valence-corrected chi connectivity index (χ2v) is 4.45. The van der Waals surface area contributed by atoms with Gasteiger partial charge in [0.1, 0.15) is 0 Å². The third-order valence-corrected chi connectivity index (χ3v) is 3.12. The largest absolute Gasteiger partial charge is 0.471 e. The van der Waals surface area contributed by atoms with Crippen molar-refractivity contribution in [1.29, 1.82) is 0 Å². The summed E-state index contributed by atoms with van der Waals surface area (Å²) in [6.45, 7) is 0. The van der Waals surface area contributed by atoms with E-state index in [0.29, 0.717) is 0 Å². The smallest absolute Gasteiger partial charge is 0.318 e. The molecule has 1 aromatic heterocycles. The lowest BCUT2D eigenvalue weighted by Crippen LogP contribution is -2.29. The standard InChI is InChI=1S/C12H8F3NOS/c13-12(14,15)11(17)16-9-5-3-8(4-6-9)10-2-1-7-18-10/h1-7H,(H,16,17). The summed E-state index contributed by atoms with van der Waals surface area (Å²) < 4.78 is 36.1. The first-order valence-corrected chi connectivity index (χ1v) is 5.87. The number of thiophene rings is 1. The van der Waals surface area contributed by atoms with Crippen LogP contribution in [0, 0.1) is 0 Å². The monoisotopic (exact) mass is 271 g/mol. The molecule has 1 amide bonds. The molecular weight excluding hydrogens is 263 g/mol. The summed E-state index contributed by atoms with van der Waals surface area (Å²) in [5, 5.41) is 3.71. The molecule has 2 nitrogen and oxygen atoms in total. The third kappa shape index (κ3) is 2.89. The Balaban J connectivity index is 2.12. The van der Waals surface area contributed by atoms with Gasteiger partial charge >= 0.3 is 12.1 Å². The van der Waals surface area contributed by atoms with E-state index in [1.165, 1.54) is 23.5 Å². The maximum atomic E-state index is 12.0. The zero-order valence-corrected chi connectivity index (χ0v) is 9.81. The predicted octanol–water partition coefficient (Wildman–Crippen LogP) is 3.92. The van der Waals surface area contributed by atoms with Crippen LogP contribution in [0.15, 0.2) is 41.8 Å². The van der Waals surface area contributed by atoms with E-state index in [4.69, 9.17) is 0 Å². The number of alkyl halides is 3. The Labute approximate surface area is 105 Å². The first kappa shape index (κ1) is 12.6. The van der Waals surface area contributed by atoms with Crippen LogP contribution < -0.4 is 5.32 Å². The van der Waals surface area contributed by atoms with Crippen LogP contribution in [0.2, 0.25) is 0 Å². The third-order valence-electron chi connectivity index (χ3n) is 2.21. The highest BCUT2D eigenvalue weighted by molar-refractivity contribution is 7.13. The normalized spacial score (nSPS) is 11.3. The molecule has 0 atom stereocenters. The van der Waals surface area contributed by atoms with E-state index in [0.717, 1.165) is 10.4 Å². The van der Waals surface area contributed by atoms with Crippen molar-refractivity contribution in [1.82, 2.24) is 0 Å². The molecule has 0 spiro atoms. The number of carbonyl (C=O) groups excluding carboxylic acids is 1. The molecule has 0 radical (unpaired) electrons. The summed E-state index contributed by atoms with van der Waals surface area (Å²) in [5.41, 5.74) is 1.02. The molecule has 18 heavy (non-hydrogen) atoms. The highest BCUT2D eigenvalue weighted by Gasteiger charge is 2.38. The van der Waals surface area contributed by atoms with Gasteiger partial charge in [0.15, 0.2) is 0 Å². The number of halogens is 3. The maximum absolute atomic E-state index is 12.0. The van der Waals surface area contributed by atoms with Crippen molar-refractivity contribution in [3.8, 4) is 10.4 Å². The quantitative estimate of drug-likeness (QED) is 0.881. The second kappa shape index (κ2) is 4.81. The number of hydrogen-bond donors (Lipinski definition) is 1. The van der Waals surface area contributed by atoms with E-state index in [2.05, 4.69) is 0 Å². The second-order valence-electron chi connectivity index (χ2n) is 3.51. The van der Waals surface area contributed by atoms with Crippen LogP contribution in [0.1, 0.15) is 0 Å². The fraction of sp³-hybridized carbons (Fsp3) is 0.0833. The minimum atomic E-state index is -4.87. The van der Waals surface area contributed by atoms with Crippen molar-refractivity contribution in [2.24, 2.45) is 0 Å². The number of benzene rings is 1. The Morgan fingerprint density at radius 1 is 1.11 bits per heavy atom. The van der Waals surface area contributed by atoms with Crippen molar-refractivity contribution >= 4 is 22.9 Å². The van der Waals surface area contributed by atoms with E-state index < -0.39 is 12.1 Å². The van der Waals surface area contributed by atoms with E-state index >= 15 is 0 Å². The predicted molar refractivity (Wildman–Crippen MR) is 64.4 cm³/mol. The van der Waals surface area contributed by atoms with E-state index in [1.54, 1.807) is 17.4 Å². The number of amides is 1. The lowest BCUT2D eigenvalue weighted by molar-refractivity contribution is -0.167. The van der Waals surface area contributed by atoms with Crippen molar-refractivity contribution in [2.75, 3.05) is 5.32 Å². The number of hydrogen-bond acceptors (Lipinski definition) is 2. The average molecular weight is 271 g/mol. The van der Waals surface area contributed by atoms with Crippen LogP contribution in [0.4, 0.5) is 18.9 Å². The van der Waals surface area contributed by atoms with Gasteiger partial charge in [-0.1, -0.05) is 18.2 Å². The van der Waals surface area contributed by atoms with Crippen molar-refractivity contribution in [2.45, 2.75) is 6.18 Å². The summed E-state index contributed by atoms with van der Waals surface area (Å²) in [6.07, 6.45) is -4.87. The molecule has 1 heterocycles. The van der Waals surface area contributed by atoms with Crippen molar-refractivity contribution in [3.63, 3.8) is 0 Å². The van der Waals surface area contributed by atoms with Gasteiger partial charge in [0, 0.05) is 10.6 Å². The zero-order chi connectivity index (χ0) is 13.2. The van der Waals surface area contributed by atoms with Crippen molar-refractivity contribution in [3.05, 3.63) is 41.8 Å². The Morgan fingerprint density at radius 3 is 2.28 bits per heavy atom. The molecule has 0 saturated carbocycles. The van der Waals surface area contributed by atoms with Crippen LogP contribution in [0.25, 0.3) is 10.4 Å². The summed E-state index contributed by atoms with van der Waals surface area (Å²) >= 11 is 1.53. The molecule has 0 aliphatic rings. The topological polar surface area (TPSA) is 29.1 Å². The number of anilines is 1. The van der Waals surface area contributed by atoms with E-state index in [1.807, 2.05) is 17.5 Å². The fourth-order valence-corrected chi connectivity index (χ4v) is 2.10. The number of nitrogens with one attached hydrogen (secondary N) is 1. The molecule has 0 fully saturated rings. The minimum absolute atomic E-state index is 0.123. The Kier molecular flexibility index (Phi) is 3.38. The molecule has 94 valence electrons. The van der Waals surface area contributed by atoms with Crippen molar-refractivity contribution < 1.29 is 18.0 Å². The van der Waals surface area contributed by atoms with Gasteiger partial charge in [0.25, 0.3) is 0 Å². The van der Waals surface area contributed by atoms with Gasteiger partial charge in [-0.05, 0) is 29.1 Å². The molecular formula is C12H8F3NOS. The van der Waals surface area contributed by atoms with Crippen LogP contribution >= 0.6 is 11.3 Å². The SMILES string of the molecule is O=C(Nc1ccc(-c2cccs2)cc1)C(F)(F)F. The van der Waals surface area contributed by atoms with Gasteiger partial charge in [-0.25, -0.2) is 0 Å². The fourth-order valence-electron chi connectivity index (χ4n) is 1.36. The van der Waals surface area contributed by atoms with Gasteiger partial charge in [-0.3, -0.25) is 4.79 Å². The van der Waals surface area contributed by atoms with Crippen LogP contribution in [-0.4, -0.2) is 12.1 Å². The van der Waals surface area contributed by atoms with Crippen LogP contribution in [0.3, 0.4) is 0 Å². The number of rotatable bonds is 2.